The van der Waals surface area contributed by atoms with E-state index in [0.29, 0.717) is 35.3 Å². The van der Waals surface area contributed by atoms with Crippen molar-refractivity contribution in [2.45, 2.75) is 18.9 Å². The lowest BCUT2D eigenvalue weighted by Crippen LogP contribution is -2.30. The first kappa shape index (κ1) is 13.1. The predicted molar refractivity (Wildman–Crippen MR) is 70.2 cm³/mol. The number of hydrogen-bond donors (Lipinski definition) is 2. The molecule has 1 unspecified atom stereocenters. The van der Waals surface area contributed by atoms with Crippen LogP contribution in [0.5, 0.6) is 17.2 Å². The fraction of sp³-hybridized carbons (Fsp3) is 0.500. The molecule has 2 aliphatic rings. The topological polar surface area (TPSA) is 77.0 Å². The molecule has 2 N–H and O–H groups in total. The van der Waals surface area contributed by atoms with E-state index in [2.05, 4.69) is 5.32 Å². The van der Waals surface area contributed by atoms with E-state index in [9.17, 15) is 9.90 Å². The van der Waals surface area contributed by atoms with Crippen LogP contribution in [0.2, 0.25) is 0 Å². The van der Waals surface area contributed by atoms with Crippen molar-refractivity contribution in [3.63, 3.8) is 0 Å². The molecule has 3 rings (SSSR count). The minimum absolute atomic E-state index is 0.127. The van der Waals surface area contributed by atoms with Gasteiger partial charge in [0.25, 0.3) is 0 Å². The number of aliphatic carboxylic acids is 1. The third kappa shape index (κ3) is 2.51. The molecule has 108 valence electrons. The Morgan fingerprint density at radius 2 is 2.30 bits per heavy atom. The van der Waals surface area contributed by atoms with Crippen LogP contribution in [0.25, 0.3) is 0 Å². The SMILES string of the molecule is COc1cc(C(NCC2CC2)C(=O)O)cc2c1OCO2. The number of rotatable bonds is 6. The van der Waals surface area contributed by atoms with Gasteiger partial charge in [0.05, 0.1) is 7.11 Å². The predicted octanol–water partition coefficient (Wildman–Crippen LogP) is 1.55. The molecular weight excluding hydrogens is 262 g/mol. The monoisotopic (exact) mass is 279 g/mol. The first-order chi connectivity index (χ1) is 9.69. The van der Waals surface area contributed by atoms with Crippen LogP contribution in [0.4, 0.5) is 0 Å². The second-order valence-electron chi connectivity index (χ2n) is 5.08. The summed E-state index contributed by atoms with van der Waals surface area (Å²) >= 11 is 0. The summed E-state index contributed by atoms with van der Waals surface area (Å²) in [5, 5.41) is 12.5. The molecule has 1 aliphatic heterocycles. The highest BCUT2D eigenvalue weighted by Crippen LogP contribution is 2.43. The van der Waals surface area contributed by atoms with Crippen LogP contribution in [-0.2, 0) is 4.79 Å². The molecule has 1 saturated carbocycles. The molecule has 1 aromatic rings. The average molecular weight is 279 g/mol. The molecule has 6 heteroatoms. The van der Waals surface area contributed by atoms with Crippen LogP contribution < -0.4 is 19.5 Å². The van der Waals surface area contributed by atoms with E-state index in [0.717, 1.165) is 0 Å². The number of methoxy groups -OCH3 is 1. The summed E-state index contributed by atoms with van der Waals surface area (Å²) in [5.74, 6) is 1.25. The Kier molecular flexibility index (Phi) is 3.40. The molecule has 1 fully saturated rings. The van der Waals surface area contributed by atoms with Crippen molar-refractivity contribution in [3.8, 4) is 17.2 Å². The number of nitrogens with one attached hydrogen (secondary N) is 1. The fourth-order valence-corrected chi connectivity index (χ4v) is 2.27. The Hall–Kier alpha value is -1.95. The van der Waals surface area contributed by atoms with Gasteiger partial charge in [-0.25, -0.2) is 0 Å². The maximum absolute atomic E-state index is 11.5. The number of benzene rings is 1. The molecule has 20 heavy (non-hydrogen) atoms. The number of ether oxygens (including phenoxy) is 3. The standard InChI is InChI=1S/C14H17NO5/c1-18-10-4-9(5-11-13(10)20-7-19-11)12(14(16)17)15-6-8-2-3-8/h4-5,8,12,15H,2-3,6-7H2,1H3,(H,16,17). The first-order valence-electron chi connectivity index (χ1n) is 6.62. The number of carboxylic acid groups (broad SMARTS) is 1. The summed E-state index contributed by atoms with van der Waals surface area (Å²) in [6.45, 7) is 0.843. The molecule has 0 amide bonds. The zero-order valence-corrected chi connectivity index (χ0v) is 11.2. The summed E-state index contributed by atoms with van der Waals surface area (Å²) in [6, 6.07) is 2.62. The van der Waals surface area contributed by atoms with Crippen molar-refractivity contribution >= 4 is 5.97 Å². The third-order valence-corrected chi connectivity index (χ3v) is 3.57. The number of carbonyl (C=O) groups is 1. The lowest BCUT2D eigenvalue weighted by atomic mass is 10.1. The van der Waals surface area contributed by atoms with Crippen molar-refractivity contribution in [2.24, 2.45) is 5.92 Å². The molecule has 0 saturated heterocycles. The maximum atomic E-state index is 11.5. The van der Waals surface area contributed by atoms with E-state index in [-0.39, 0.29) is 6.79 Å². The van der Waals surface area contributed by atoms with E-state index < -0.39 is 12.0 Å². The Morgan fingerprint density at radius 3 is 2.95 bits per heavy atom. The van der Waals surface area contributed by atoms with Gasteiger partial charge in [-0.05, 0) is 43.0 Å². The van der Waals surface area contributed by atoms with Gasteiger partial charge in [-0.1, -0.05) is 0 Å². The molecular formula is C14H17NO5. The normalized spacial score (nSPS) is 17.9. The summed E-state index contributed by atoms with van der Waals surface area (Å²) in [7, 11) is 1.52. The van der Waals surface area contributed by atoms with Crippen molar-refractivity contribution in [3.05, 3.63) is 17.7 Å². The van der Waals surface area contributed by atoms with E-state index in [1.807, 2.05) is 0 Å². The van der Waals surface area contributed by atoms with E-state index >= 15 is 0 Å². The van der Waals surface area contributed by atoms with Gasteiger partial charge in [-0.15, -0.1) is 0 Å². The molecule has 0 bridgehead atoms. The zero-order valence-electron chi connectivity index (χ0n) is 11.2. The molecule has 1 atom stereocenters. The van der Waals surface area contributed by atoms with Crippen LogP contribution in [0.3, 0.4) is 0 Å². The number of fused-ring (bicyclic) bond motifs is 1. The van der Waals surface area contributed by atoms with Crippen LogP contribution >= 0.6 is 0 Å². The highest BCUT2D eigenvalue weighted by atomic mass is 16.7. The smallest absolute Gasteiger partial charge is 0.325 e. The van der Waals surface area contributed by atoms with Crippen molar-refractivity contribution in [1.29, 1.82) is 0 Å². The van der Waals surface area contributed by atoms with E-state index in [1.165, 1.54) is 20.0 Å². The Labute approximate surface area is 116 Å². The maximum Gasteiger partial charge on any atom is 0.325 e. The van der Waals surface area contributed by atoms with Gasteiger partial charge in [-0.3, -0.25) is 4.79 Å². The summed E-state index contributed by atoms with van der Waals surface area (Å²) in [5.41, 5.74) is 0.610. The van der Waals surface area contributed by atoms with Gasteiger partial charge >= 0.3 is 5.97 Å². The fourth-order valence-electron chi connectivity index (χ4n) is 2.27. The lowest BCUT2D eigenvalue weighted by Gasteiger charge is -2.16. The van der Waals surface area contributed by atoms with Gasteiger partial charge in [0, 0.05) is 0 Å². The minimum Gasteiger partial charge on any atom is -0.493 e. The molecule has 1 aliphatic carbocycles. The first-order valence-corrected chi connectivity index (χ1v) is 6.62. The lowest BCUT2D eigenvalue weighted by molar-refractivity contribution is -0.139. The summed E-state index contributed by atoms with van der Waals surface area (Å²) in [4.78, 5) is 11.5. The van der Waals surface area contributed by atoms with Gasteiger partial charge in [0.1, 0.15) is 6.04 Å². The average Bonchev–Trinajstić information content (AvgIpc) is 3.13. The van der Waals surface area contributed by atoms with Gasteiger partial charge < -0.3 is 24.6 Å². The van der Waals surface area contributed by atoms with Gasteiger partial charge in [-0.2, -0.15) is 0 Å². The summed E-state index contributed by atoms with van der Waals surface area (Å²) in [6.07, 6.45) is 2.34. The van der Waals surface area contributed by atoms with Gasteiger partial charge in [0.2, 0.25) is 12.5 Å². The molecule has 0 spiro atoms. The number of carboxylic acids is 1. The largest absolute Gasteiger partial charge is 0.493 e. The molecule has 0 radical (unpaired) electrons. The highest BCUT2D eigenvalue weighted by Gasteiger charge is 2.28. The second-order valence-corrected chi connectivity index (χ2v) is 5.08. The number of hydrogen-bond acceptors (Lipinski definition) is 5. The van der Waals surface area contributed by atoms with Crippen molar-refractivity contribution in [2.75, 3.05) is 20.4 Å². The summed E-state index contributed by atoms with van der Waals surface area (Å²) < 4.78 is 15.9. The van der Waals surface area contributed by atoms with Crippen LogP contribution in [0.15, 0.2) is 12.1 Å². The Bertz CT molecular complexity index is 527. The molecule has 1 aromatic carbocycles. The second kappa shape index (κ2) is 5.20. The molecule has 0 aromatic heterocycles. The third-order valence-electron chi connectivity index (χ3n) is 3.57. The van der Waals surface area contributed by atoms with Crippen molar-refractivity contribution in [1.82, 2.24) is 5.32 Å². The zero-order chi connectivity index (χ0) is 14.1. The minimum atomic E-state index is -0.911. The van der Waals surface area contributed by atoms with Crippen LogP contribution in [0, 0.1) is 5.92 Å². The molecule has 1 heterocycles. The Morgan fingerprint density at radius 1 is 1.50 bits per heavy atom. The Balaban J connectivity index is 1.87. The van der Waals surface area contributed by atoms with E-state index in [4.69, 9.17) is 14.2 Å². The highest BCUT2D eigenvalue weighted by molar-refractivity contribution is 5.76. The van der Waals surface area contributed by atoms with E-state index in [1.54, 1.807) is 12.1 Å². The quantitative estimate of drug-likeness (QED) is 0.822. The van der Waals surface area contributed by atoms with Gasteiger partial charge in [0.15, 0.2) is 11.5 Å². The molecule has 6 nitrogen and oxygen atoms in total. The van der Waals surface area contributed by atoms with Crippen LogP contribution in [-0.4, -0.2) is 31.5 Å². The van der Waals surface area contributed by atoms with Crippen LogP contribution in [0.1, 0.15) is 24.4 Å². The van der Waals surface area contributed by atoms with Crippen molar-refractivity contribution < 1.29 is 24.1 Å².